The average molecular weight is 246 g/mol. The number of carbonyl (C=O) groups excluding carboxylic acids is 2. The number of benzene rings is 1. The van der Waals surface area contributed by atoms with Crippen molar-refractivity contribution in [1.29, 1.82) is 0 Å². The van der Waals surface area contributed by atoms with Crippen LogP contribution in [0.3, 0.4) is 0 Å². The van der Waals surface area contributed by atoms with Gasteiger partial charge in [0.15, 0.2) is 0 Å². The van der Waals surface area contributed by atoms with E-state index in [-0.39, 0.29) is 17.9 Å². The van der Waals surface area contributed by atoms with E-state index in [9.17, 15) is 9.59 Å². The van der Waals surface area contributed by atoms with Crippen molar-refractivity contribution in [3.8, 4) is 0 Å². The van der Waals surface area contributed by atoms with Crippen LogP contribution in [0, 0.1) is 0 Å². The molecule has 2 amide bonds. The highest BCUT2D eigenvalue weighted by Crippen LogP contribution is 2.16. The molecule has 0 radical (unpaired) electrons. The van der Waals surface area contributed by atoms with E-state index < -0.39 is 6.04 Å². The summed E-state index contributed by atoms with van der Waals surface area (Å²) in [6, 6.07) is 8.98. The molecule has 1 heterocycles. The van der Waals surface area contributed by atoms with Gasteiger partial charge in [-0.2, -0.15) is 0 Å². The Hall–Kier alpha value is -1.84. The Bertz CT molecular complexity index is 444. The van der Waals surface area contributed by atoms with Crippen LogP contribution in [0.4, 0.5) is 0 Å². The molecule has 18 heavy (non-hydrogen) atoms. The van der Waals surface area contributed by atoms with Crippen molar-refractivity contribution in [2.45, 2.75) is 38.9 Å². The van der Waals surface area contributed by atoms with E-state index in [4.69, 9.17) is 0 Å². The summed E-state index contributed by atoms with van der Waals surface area (Å²) in [4.78, 5) is 25.7. The molecule has 4 nitrogen and oxygen atoms in total. The van der Waals surface area contributed by atoms with Crippen LogP contribution in [0.2, 0.25) is 0 Å². The Morgan fingerprint density at radius 1 is 1.22 bits per heavy atom. The Kier molecular flexibility index (Phi) is 3.65. The minimum absolute atomic E-state index is 0.00898. The van der Waals surface area contributed by atoms with Crippen molar-refractivity contribution in [3.63, 3.8) is 0 Å². The SMILES string of the molecule is CCC1C(=O)NC(C)C(=O)N1Cc1ccccc1. The number of amides is 2. The fraction of sp³-hybridized carbons (Fsp3) is 0.429. The molecular formula is C14H18N2O2. The van der Waals surface area contributed by atoms with Gasteiger partial charge in [0, 0.05) is 6.54 Å². The quantitative estimate of drug-likeness (QED) is 0.874. The van der Waals surface area contributed by atoms with Crippen LogP contribution in [0.25, 0.3) is 0 Å². The highest BCUT2D eigenvalue weighted by molar-refractivity contribution is 5.96. The molecule has 2 unspecified atom stereocenters. The van der Waals surface area contributed by atoms with Gasteiger partial charge in [0.1, 0.15) is 12.1 Å². The van der Waals surface area contributed by atoms with Crippen LogP contribution in [0.5, 0.6) is 0 Å². The van der Waals surface area contributed by atoms with E-state index in [0.717, 1.165) is 5.56 Å². The first-order valence-electron chi connectivity index (χ1n) is 6.28. The second-order valence-electron chi connectivity index (χ2n) is 4.61. The van der Waals surface area contributed by atoms with E-state index in [2.05, 4.69) is 5.32 Å². The number of nitrogens with one attached hydrogen (secondary N) is 1. The van der Waals surface area contributed by atoms with Gasteiger partial charge in [-0.25, -0.2) is 0 Å². The van der Waals surface area contributed by atoms with Crippen molar-refractivity contribution in [3.05, 3.63) is 35.9 Å². The van der Waals surface area contributed by atoms with Crippen molar-refractivity contribution in [2.75, 3.05) is 0 Å². The number of nitrogens with zero attached hydrogens (tertiary/aromatic N) is 1. The van der Waals surface area contributed by atoms with Crippen molar-refractivity contribution >= 4 is 11.8 Å². The minimum Gasteiger partial charge on any atom is -0.343 e. The molecular weight excluding hydrogens is 228 g/mol. The number of hydrogen-bond acceptors (Lipinski definition) is 2. The summed E-state index contributed by atoms with van der Waals surface area (Å²) in [6.07, 6.45) is 0.636. The molecule has 0 spiro atoms. The topological polar surface area (TPSA) is 49.4 Å². The summed E-state index contributed by atoms with van der Waals surface area (Å²) in [5.41, 5.74) is 1.05. The minimum atomic E-state index is -0.427. The highest BCUT2D eigenvalue weighted by atomic mass is 16.2. The second kappa shape index (κ2) is 5.21. The summed E-state index contributed by atoms with van der Waals surface area (Å²) >= 11 is 0. The zero-order valence-corrected chi connectivity index (χ0v) is 10.7. The molecule has 0 bridgehead atoms. The standard InChI is InChI=1S/C14H18N2O2/c1-3-12-13(17)15-10(2)14(18)16(12)9-11-7-5-4-6-8-11/h4-8,10,12H,3,9H2,1-2H3,(H,15,17). The Morgan fingerprint density at radius 2 is 1.89 bits per heavy atom. The lowest BCUT2D eigenvalue weighted by atomic mass is 10.0. The molecule has 1 aliphatic rings. The molecule has 1 aromatic carbocycles. The lowest BCUT2D eigenvalue weighted by Gasteiger charge is -2.37. The monoisotopic (exact) mass is 246 g/mol. The zero-order chi connectivity index (χ0) is 13.1. The van der Waals surface area contributed by atoms with Gasteiger partial charge in [-0.15, -0.1) is 0 Å². The van der Waals surface area contributed by atoms with E-state index in [1.165, 1.54) is 0 Å². The summed E-state index contributed by atoms with van der Waals surface area (Å²) in [5.74, 6) is -0.0640. The summed E-state index contributed by atoms with van der Waals surface area (Å²) in [7, 11) is 0. The molecule has 0 saturated carbocycles. The molecule has 2 atom stereocenters. The van der Waals surface area contributed by atoms with E-state index >= 15 is 0 Å². The number of rotatable bonds is 3. The molecule has 0 aromatic heterocycles. The predicted octanol–water partition coefficient (Wildman–Crippen LogP) is 1.31. The number of carbonyl (C=O) groups is 2. The predicted molar refractivity (Wildman–Crippen MR) is 68.7 cm³/mol. The van der Waals surface area contributed by atoms with E-state index in [1.807, 2.05) is 37.3 Å². The molecule has 4 heteroatoms. The van der Waals surface area contributed by atoms with E-state index in [1.54, 1.807) is 11.8 Å². The van der Waals surface area contributed by atoms with Crippen molar-refractivity contribution < 1.29 is 9.59 Å². The van der Waals surface area contributed by atoms with Crippen LogP contribution in [0.1, 0.15) is 25.8 Å². The third kappa shape index (κ3) is 2.37. The summed E-state index contributed by atoms with van der Waals surface area (Å²) < 4.78 is 0. The lowest BCUT2D eigenvalue weighted by molar-refractivity contribution is -0.149. The molecule has 1 aromatic rings. The Morgan fingerprint density at radius 3 is 2.50 bits per heavy atom. The van der Waals surface area contributed by atoms with Crippen molar-refractivity contribution in [2.24, 2.45) is 0 Å². The van der Waals surface area contributed by atoms with Crippen LogP contribution >= 0.6 is 0 Å². The van der Waals surface area contributed by atoms with E-state index in [0.29, 0.717) is 13.0 Å². The molecule has 2 rings (SSSR count). The fourth-order valence-corrected chi connectivity index (χ4v) is 2.29. The van der Waals surface area contributed by atoms with Crippen LogP contribution in [-0.2, 0) is 16.1 Å². The molecule has 0 aliphatic carbocycles. The van der Waals surface area contributed by atoms with Gasteiger partial charge in [-0.1, -0.05) is 37.3 Å². The third-order valence-electron chi connectivity index (χ3n) is 3.27. The van der Waals surface area contributed by atoms with Gasteiger partial charge >= 0.3 is 0 Å². The molecule has 1 N–H and O–H groups in total. The van der Waals surface area contributed by atoms with Gasteiger partial charge in [0.2, 0.25) is 11.8 Å². The maximum absolute atomic E-state index is 12.2. The van der Waals surface area contributed by atoms with Crippen molar-refractivity contribution in [1.82, 2.24) is 10.2 Å². The smallest absolute Gasteiger partial charge is 0.245 e. The molecule has 96 valence electrons. The second-order valence-corrected chi connectivity index (χ2v) is 4.61. The zero-order valence-electron chi connectivity index (χ0n) is 10.7. The number of piperazine rings is 1. The maximum atomic E-state index is 12.2. The normalized spacial score (nSPS) is 24.0. The largest absolute Gasteiger partial charge is 0.343 e. The third-order valence-corrected chi connectivity index (χ3v) is 3.27. The molecule has 1 saturated heterocycles. The van der Waals surface area contributed by atoms with Crippen LogP contribution in [-0.4, -0.2) is 28.8 Å². The van der Waals surface area contributed by atoms with Crippen LogP contribution in [0.15, 0.2) is 30.3 Å². The molecule has 1 aliphatic heterocycles. The first-order valence-corrected chi connectivity index (χ1v) is 6.28. The molecule has 1 fully saturated rings. The van der Waals surface area contributed by atoms with Gasteiger partial charge in [0.05, 0.1) is 0 Å². The van der Waals surface area contributed by atoms with Crippen LogP contribution < -0.4 is 5.32 Å². The Labute approximate surface area is 107 Å². The first kappa shape index (κ1) is 12.6. The fourth-order valence-electron chi connectivity index (χ4n) is 2.29. The highest BCUT2D eigenvalue weighted by Gasteiger charge is 2.37. The van der Waals surface area contributed by atoms with Gasteiger partial charge in [-0.3, -0.25) is 9.59 Å². The Balaban J connectivity index is 2.21. The lowest BCUT2D eigenvalue weighted by Crippen LogP contribution is -2.61. The maximum Gasteiger partial charge on any atom is 0.245 e. The average Bonchev–Trinajstić information content (AvgIpc) is 2.37. The number of hydrogen-bond donors (Lipinski definition) is 1. The van der Waals surface area contributed by atoms with Gasteiger partial charge < -0.3 is 10.2 Å². The van der Waals surface area contributed by atoms with Gasteiger partial charge in [0.25, 0.3) is 0 Å². The first-order chi connectivity index (χ1) is 8.63. The van der Waals surface area contributed by atoms with Gasteiger partial charge in [-0.05, 0) is 18.9 Å². The summed E-state index contributed by atoms with van der Waals surface area (Å²) in [6.45, 7) is 4.14. The summed E-state index contributed by atoms with van der Waals surface area (Å²) in [5, 5.41) is 2.72.